The van der Waals surface area contributed by atoms with Crippen LogP contribution >= 0.6 is 11.8 Å². The third kappa shape index (κ3) is 5.85. The number of rotatable bonds is 6. The van der Waals surface area contributed by atoms with Gasteiger partial charge in [0.25, 0.3) is 5.91 Å². The van der Waals surface area contributed by atoms with Gasteiger partial charge in [0, 0.05) is 7.00 Å². The quantitative estimate of drug-likeness (QED) is 0.624. The summed E-state index contributed by atoms with van der Waals surface area (Å²) >= 11 is 1.30. The highest BCUT2D eigenvalue weighted by Gasteiger charge is 2.19. The van der Waals surface area contributed by atoms with E-state index in [1.54, 1.807) is 0 Å². The number of hydrogen-bond donors (Lipinski definition) is 1. The number of carbonyl (C=O) groups is 1. The zero-order chi connectivity index (χ0) is 18.2. The van der Waals surface area contributed by atoms with Crippen molar-refractivity contribution in [3.05, 3.63) is 64.6 Å². The van der Waals surface area contributed by atoms with Crippen LogP contribution in [0.25, 0.3) is 5.57 Å². The van der Waals surface area contributed by atoms with E-state index in [-0.39, 0.29) is 13.3 Å². The molecule has 1 aromatic rings. The lowest BCUT2D eigenvalue weighted by Gasteiger charge is -2.20. The molecule has 0 spiro atoms. The molecule has 1 fully saturated rings. The first-order valence-electron chi connectivity index (χ1n) is 8.46. The summed E-state index contributed by atoms with van der Waals surface area (Å²) in [5.74, 6) is -1.95. The largest absolute Gasteiger partial charge is 0.317 e. The Hall–Kier alpha value is -1.88. The molecule has 5 heteroatoms. The van der Waals surface area contributed by atoms with Crippen LogP contribution < -0.4 is 5.32 Å². The van der Waals surface area contributed by atoms with Crippen molar-refractivity contribution in [1.29, 1.82) is 0 Å². The maximum atomic E-state index is 13.6. The van der Waals surface area contributed by atoms with E-state index in [9.17, 15) is 13.6 Å². The Kier molecular flexibility index (Phi) is 7.44. The van der Waals surface area contributed by atoms with Gasteiger partial charge in [0.15, 0.2) is 11.6 Å². The average molecular weight is 365 g/mol. The number of amides is 1. The number of thioether (sulfide) groups is 1. The Morgan fingerprint density at radius 2 is 2.00 bits per heavy atom. The van der Waals surface area contributed by atoms with E-state index in [4.69, 9.17) is 0 Å². The minimum Gasteiger partial charge on any atom is -0.317 e. The van der Waals surface area contributed by atoms with Gasteiger partial charge in [0.05, 0.1) is 5.03 Å². The van der Waals surface area contributed by atoms with Crippen molar-refractivity contribution in [2.75, 3.05) is 0 Å². The fourth-order valence-corrected chi connectivity index (χ4v) is 3.33. The Bertz CT molecular complexity index is 697. The summed E-state index contributed by atoms with van der Waals surface area (Å²) < 4.78 is 26.9. The van der Waals surface area contributed by atoms with E-state index < -0.39 is 11.6 Å². The third-order valence-corrected chi connectivity index (χ3v) is 4.92. The average Bonchev–Trinajstić information content (AvgIpc) is 2.61. The lowest BCUT2D eigenvalue weighted by molar-refractivity contribution is -0.114. The van der Waals surface area contributed by atoms with Gasteiger partial charge in [-0.3, -0.25) is 4.79 Å². The molecule has 1 aliphatic rings. The Labute approximate surface area is 153 Å². The molecule has 0 saturated heterocycles. The molecule has 1 saturated carbocycles. The minimum absolute atomic E-state index is 0. The molecule has 2 rings (SSSR count). The predicted octanol–water partition coefficient (Wildman–Crippen LogP) is 6.03. The SMILES string of the molecule is C=C(NC(=O)/C(=C/C1CCCCC1)c1ccc(F)c(F)c1)S/C=C\C.[HH]. The molecule has 0 heterocycles. The highest BCUT2D eigenvalue weighted by molar-refractivity contribution is 8.05. The number of hydrogen-bond acceptors (Lipinski definition) is 2. The molecule has 1 N–H and O–H groups in total. The Morgan fingerprint density at radius 3 is 2.64 bits per heavy atom. The van der Waals surface area contributed by atoms with Gasteiger partial charge in [-0.2, -0.15) is 0 Å². The summed E-state index contributed by atoms with van der Waals surface area (Å²) in [5, 5.41) is 5.03. The zero-order valence-electron chi connectivity index (χ0n) is 14.4. The maximum Gasteiger partial charge on any atom is 0.256 e. The summed E-state index contributed by atoms with van der Waals surface area (Å²) in [6.07, 6.45) is 9.21. The summed E-state index contributed by atoms with van der Waals surface area (Å²) in [7, 11) is 0. The molecule has 0 aromatic heterocycles. The maximum absolute atomic E-state index is 13.6. The van der Waals surface area contributed by atoms with Crippen LogP contribution in [0.3, 0.4) is 0 Å². The Balaban J connectivity index is 0.00000338. The van der Waals surface area contributed by atoms with E-state index in [1.807, 2.05) is 24.5 Å². The van der Waals surface area contributed by atoms with Crippen LogP contribution in [-0.2, 0) is 4.79 Å². The van der Waals surface area contributed by atoms with Crippen LogP contribution in [0.15, 0.2) is 47.4 Å². The van der Waals surface area contributed by atoms with Crippen LogP contribution in [0, 0.1) is 17.6 Å². The van der Waals surface area contributed by atoms with E-state index in [0.29, 0.717) is 16.2 Å². The smallest absolute Gasteiger partial charge is 0.256 e. The molecule has 1 aliphatic carbocycles. The first-order valence-corrected chi connectivity index (χ1v) is 9.34. The second kappa shape index (κ2) is 9.56. The highest BCUT2D eigenvalue weighted by atomic mass is 32.2. The highest BCUT2D eigenvalue weighted by Crippen LogP contribution is 2.29. The number of halogens is 2. The molecule has 0 bridgehead atoms. The monoisotopic (exact) mass is 365 g/mol. The van der Waals surface area contributed by atoms with Gasteiger partial charge in [-0.25, -0.2) is 8.78 Å². The summed E-state index contributed by atoms with van der Waals surface area (Å²) in [6, 6.07) is 3.57. The first kappa shape index (κ1) is 19.4. The molecule has 2 nitrogen and oxygen atoms in total. The molecule has 0 unspecified atom stereocenters. The van der Waals surface area contributed by atoms with E-state index in [0.717, 1.165) is 37.8 Å². The predicted molar refractivity (Wildman–Crippen MR) is 103 cm³/mol. The Morgan fingerprint density at radius 1 is 1.28 bits per heavy atom. The molecule has 0 atom stereocenters. The van der Waals surface area contributed by atoms with Gasteiger partial charge in [0.2, 0.25) is 0 Å². The van der Waals surface area contributed by atoms with Crippen LogP contribution in [0.1, 0.15) is 46.0 Å². The molecule has 136 valence electrons. The van der Waals surface area contributed by atoms with Gasteiger partial charge < -0.3 is 5.32 Å². The van der Waals surface area contributed by atoms with Crippen molar-refractivity contribution < 1.29 is 15.0 Å². The van der Waals surface area contributed by atoms with Gasteiger partial charge >= 0.3 is 0 Å². The third-order valence-electron chi connectivity index (χ3n) is 4.13. The van der Waals surface area contributed by atoms with Crippen LogP contribution in [0.5, 0.6) is 0 Å². The zero-order valence-corrected chi connectivity index (χ0v) is 15.2. The summed E-state index contributed by atoms with van der Waals surface area (Å²) in [4.78, 5) is 12.7. The lowest BCUT2D eigenvalue weighted by atomic mass is 9.86. The number of nitrogens with one attached hydrogen (secondary N) is 1. The van der Waals surface area contributed by atoms with Gasteiger partial charge in [-0.05, 0) is 48.8 Å². The van der Waals surface area contributed by atoms with E-state index in [1.165, 1.54) is 24.2 Å². The summed E-state index contributed by atoms with van der Waals surface area (Å²) in [5.41, 5.74) is 0.749. The van der Waals surface area contributed by atoms with Crippen LogP contribution in [0.4, 0.5) is 8.78 Å². The van der Waals surface area contributed by atoms with Gasteiger partial charge in [-0.1, -0.05) is 55.8 Å². The van der Waals surface area contributed by atoms with Gasteiger partial charge in [-0.15, -0.1) is 0 Å². The fraction of sp³-hybridized carbons (Fsp3) is 0.350. The second-order valence-corrected chi connectivity index (χ2v) is 7.07. The molecule has 25 heavy (non-hydrogen) atoms. The van der Waals surface area contributed by atoms with Crippen molar-refractivity contribution in [1.82, 2.24) is 5.32 Å². The van der Waals surface area contributed by atoms with Crippen molar-refractivity contribution in [3.63, 3.8) is 0 Å². The second-order valence-electron chi connectivity index (χ2n) is 6.07. The molecular formula is C20H25F2NOS. The molecule has 0 aliphatic heterocycles. The van der Waals surface area contributed by atoms with Crippen LogP contribution in [0.2, 0.25) is 0 Å². The molecule has 1 amide bonds. The lowest BCUT2D eigenvalue weighted by Crippen LogP contribution is -2.22. The normalized spacial score (nSPS) is 16.2. The minimum atomic E-state index is -0.957. The van der Waals surface area contributed by atoms with Crippen LogP contribution in [-0.4, -0.2) is 5.91 Å². The molecular weight excluding hydrogens is 340 g/mol. The van der Waals surface area contributed by atoms with Crippen molar-refractivity contribution >= 4 is 23.2 Å². The first-order chi connectivity index (χ1) is 12.0. The van der Waals surface area contributed by atoms with E-state index in [2.05, 4.69) is 11.9 Å². The van der Waals surface area contributed by atoms with E-state index >= 15 is 0 Å². The van der Waals surface area contributed by atoms with Crippen molar-refractivity contribution in [3.8, 4) is 0 Å². The topological polar surface area (TPSA) is 29.1 Å². The molecule has 0 radical (unpaired) electrons. The standard InChI is InChI=1S/C20H23F2NOS.H2/c1-3-11-25-14(2)23-20(24)17(12-15-7-5-4-6-8-15)16-9-10-18(21)19(22)13-16;/h3,9-13,15H,2,4-8H2,1H3,(H,23,24);1H/b11-3-,17-12+;. The fourth-order valence-electron chi connectivity index (χ4n) is 2.88. The molecule has 1 aromatic carbocycles. The number of benzene rings is 1. The number of carbonyl (C=O) groups excluding carboxylic acids is 1. The van der Waals surface area contributed by atoms with Gasteiger partial charge in [0.1, 0.15) is 0 Å². The van der Waals surface area contributed by atoms with Crippen molar-refractivity contribution in [2.24, 2.45) is 5.92 Å². The number of allylic oxidation sites excluding steroid dienone is 2. The summed E-state index contributed by atoms with van der Waals surface area (Å²) in [6.45, 7) is 5.68. The van der Waals surface area contributed by atoms with Crippen molar-refractivity contribution in [2.45, 2.75) is 39.0 Å².